The van der Waals surface area contributed by atoms with Gasteiger partial charge in [-0.15, -0.1) is 0 Å². The Labute approximate surface area is 122 Å². The van der Waals surface area contributed by atoms with Crippen molar-refractivity contribution in [3.63, 3.8) is 0 Å². The van der Waals surface area contributed by atoms with Crippen molar-refractivity contribution in [2.24, 2.45) is 0 Å². The van der Waals surface area contributed by atoms with Gasteiger partial charge in [-0.2, -0.15) is 13.2 Å². The lowest BCUT2D eigenvalue weighted by Gasteiger charge is -2.19. The summed E-state index contributed by atoms with van der Waals surface area (Å²) in [5.74, 6) is 0. The highest BCUT2D eigenvalue weighted by Gasteiger charge is 2.34. The smallest absolute Gasteiger partial charge is 0.309 e. The summed E-state index contributed by atoms with van der Waals surface area (Å²) in [7, 11) is -3.09. The topological polar surface area (TPSA) is 46.2 Å². The third-order valence-electron chi connectivity index (χ3n) is 3.85. The number of sulfone groups is 1. The maximum Gasteiger partial charge on any atom is 0.416 e. The zero-order valence-corrected chi connectivity index (χ0v) is 12.5. The standard InChI is InChI=1S/C14H18F3NO2S/c1-21(19,20)13-4-2-3-12(13)18-9-10-5-7-11(8-6-10)14(15,16)17/h5-8,12-13,18H,2-4,9H2,1H3. The van der Waals surface area contributed by atoms with E-state index in [1.165, 1.54) is 18.4 Å². The molecule has 1 aromatic rings. The summed E-state index contributed by atoms with van der Waals surface area (Å²) in [5, 5.41) is 2.76. The van der Waals surface area contributed by atoms with Crippen molar-refractivity contribution in [2.45, 2.75) is 43.3 Å². The van der Waals surface area contributed by atoms with Crippen molar-refractivity contribution in [1.82, 2.24) is 5.32 Å². The van der Waals surface area contributed by atoms with Crippen LogP contribution in [0.3, 0.4) is 0 Å². The maximum absolute atomic E-state index is 12.5. The largest absolute Gasteiger partial charge is 0.416 e. The molecular weight excluding hydrogens is 303 g/mol. The van der Waals surface area contributed by atoms with E-state index in [4.69, 9.17) is 0 Å². The van der Waals surface area contributed by atoms with Crippen LogP contribution in [0.4, 0.5) is 13.2 Å². The highest BCUT2D eigenvalue weighted by Crippen LogP contribution is 2.29. The fraction of sp³-hybridized carbons (Fsp3) is 0.571. The van der Waals surface area contributed by atoms with E-state index in [9.17, 15) is 21.6 Å². The van der Waals surface area contributed by atoms with Crippen molar-refractivity contribution < 1.29 is 21.6 Å². The Morgan fingerprint density at radius 1 is 1.19 bits per heavy atom. The summed E-state index contributed by atoms with van der Waals surface area (Å²) in [6.45, 7) is 0.370. The summed E-state index contributed by atoms with van der Waals surface area (Å²) in [5.41, 5.74) is 0.0308. The van der Waals surface area contributed by atoms with E-state index in [0.717, 1.165) is 25.0 Å². The Bertz CT molecular complexity index is 581. The first-order valence-corrected chi connectivity index (χ1v) is 8.72. The first kappa shape index (κ1) is 16.3. The Hall–Kier alpha value is -1.08. The molecule has 2 unspecified atom stereocenters. The Kier molecular flexibility index (Phi) is 4.63. The number of hydrogen-bond acceptors (Lipinski definition) is 3. The van der Waals surface area contributed by atoms with E-state index >= 15 is 0 Å². The predicted molar refractivity (Wildman–Crippen MR) is 74.6 cm³/mol. The minimum atomic E-state index is -4.33. The molecule has 0 radical (unpaired) electrons. The fourth-order valence-corrected chi connectivity index (χ4v) is 4.16. The molecule has 1 aromatic carbocycles. The van der Waals surface area contributed by atoms with Crippen molar-refractivity contribution in [3.05, 3.63) is 35.4 Å². The monoisotopic (exact) mass is 321 g/mol. The predicted octanol–water partition coefficient (Wildman–Crippen LogP) is 2.76. The SMILES string of the molecule is CS(=O)(=O)C1CCCC1NCc1ccc(C(F)(F)F)cc1. The molecular formula is C14H18F3NO2S. The summed E-state index contributed by atoms with van der Waals surface area (Å²) >= 11 is 0. The normalized spacial score (nSPS) is 23.4. The maximum atomic E-state index is 12.5. The lowest BCUT2D eigenvalue weighted by atomic mass is 10.1. The number of nitrogens with one attached hydrogen (secondary N) is 1. The Morgan fingerprint density at radius 2 is 1.81 bits per heavy atom. The number of alkyl halides is 3. The molecule has 1 aliphatic carbocycles. The molecule has 7 heteroatoms. The first-order valence-electron chi connectivity index (χ1n) is 6.76. The third kappa shape index (κ3) is 4.20. The molecule has 2 atom stereocenters. The highest BCUT2D eigenvalue weighted by molar-refractivity contribution is 7.91. The van der Waals surface area contributed by atoms with Crippen LogP contribution in [0.2, 0.25) is 0 Å². The molecule has 0 aromatic heterocycles. The van der Waals surface area contributed by atoms with Crippen molar-refractivity contribution >= 4 is 9.84 Å². The van der Waals surface area contributed by atoms with E-state index in [1.54, 1.807) is 0 Å². The average molecular weight is 321 g/mol. The van der Waals surface area contributed by atoms with Gasteiger partial charge in [-0.25, -0.2) is 8.42 Å². The fourth-order valence-electron chi connectivity index (χ4n) is 2.73. The number of benzene rings is 1. The van der Waals surface area contributed by atoms with Crippen LogP contribution in [0.1, 0.15) is 30.4 Å². The van der Waals surface area contributed by atoms with Crippen molar-refractivity contribution in [3.8, 4) is 0 Å². The van der Waals surface area contributed by atoms with Crippen LogP contribution < -0.4 is 5.32 Å². The quantitative estimate of drug-likeness (QED) is 0.927. The molecule has 0 saturated heterocycles. The Balaban J connectivity index is 1.97. The first-order chi connectivity index (χ1) is 9.68. The van der Waals surface area contributed by atoms with Crippen molar-refractivity contribution in [2.75, 3.05) is 6.26 Å². The lowest BCUT2D eigenvalue weighted by molar-refractivity contribution is -0.137. The lowest BCUT2D eigenvalue weighted by Crippen LogP contribution is -2.39. The summed E-state index contributed by atoms with van der Waals surface area (Å²) < 4.78 is 60.6. The summed E-state index contributed by atoms with van der Waals surface area (Å²) in [6.07, 6.45) is -0.834. The van der Waals surface area contributed by atoms with Crippen molar-refractivity contribution in [1.29, 1.82) is 0 Å². The minimum Gasteiger partial charge on any atom is -0.309 e. The molecule has 0 amide bonds. The van der Waals surface area contributed by atoms with Crippen LogP contribution >= 0.6 is 0 Å². The van der Waals surface area contributed by atoms with Crippen LogP contribution in [0, 0.1) is 0 Å². The molecule has 1 fully saturated rings. The van der Waals surface area contributed by atoms with Crippen LogP contribution in [0.5, 0.6) is 0 Å². The molecule has 0 bridgehead atoms. The van der Waals surface area contributed by atoms with E-state index in [2.05, 4.69) is 5.32 Å². The van der Waals surface area contributed by atoms with Gasteiger partial charge in [0.25, 0.3) is 0 Å². The van der Waals surface area contributed by atoms with Gasteiger partial charge in [0.1, 0.15) is 0 Å². The number of hydrogen-bond donors (Lipinski definition) is 1. The molecule has 0 aliphatic heterocycles. The molecule has 0 spiro atoms. The van der Waals surface area contributed by atoms with Crippen LogP contribution in [-0.2, 0) is 22.6 Å². The molecule has 1 N–H and O–H groups in total. The zero-order chi connectivity index (χ0) is 15.7. The van der Waals surface area contributed by atoms with Gasteiger partial charge >= 0.3 is 6.18 Å². The summed E-state index contributed by atoms with van der Waals surface area (Å²) in [4.78, 5) is 0. The second kappa shape index (κ2) is 5.96. The molecule has 118 valence electrons. The van der Waals surface area contributed by atoms with Gasteiger partial charge in [-0.1, -0.05) is 18.6 Å². The molecule has 3 nitrogen and oxygen atoms in total. The van der Waals surface area contributed by atoms with Gasteiger partial charge in [0.05, 0.1) is 10.8 Å². The number of halogens is 3. The minimum absolute atomic E-state index is 0.123. The zero-order valence-electron chi connectivity index (χ0n) is 11.7. The van der Waals surface area contributed by atoms with E-state index in [1.807, 2.05) is 0 Å². The van der Waals surface area contributed by atoms with Gasteiger partial charge in [0, 0.05) is 18.8 Å². The van der Waals surface area contributed by atoms with Gasteiger partial charge in [0.2, 0.25) is 0 Å². The molecule has 1 aliphatic rings. The van der Waals surface area contributed by atoms with Gasteiger partial charge < -0.3 is 5.32 Å². The molecule has 0 heterocycles. The second-order valence-electron chi connectivity index (χ2n) is 5.48. The van der Waals surface area contributed by atoms with Crippen LogP contribution in [0.15, 0.2) is 24.3 Å². The second-order valence-corrected chi connectivity index (χ2v) is 7.75. The number of rotatable bonds is 4. The summed E-state index contributed by atoms with van der Waals surface area (Å²) in [6, 6.07) is 4.79. The van der Waals surface area contributed by atoms with Gasteiger partial charge in [-0.3, -0.25) is 0 Å². The molecule has 21 heavy (non-hydrogen) atoms. The van der Waals surface area contributed by atoms with Gasteiger partial charge in [-0.05, 0) is 30.5 Å². The van der Waals surface area contributed by atoms with Crippen LogP contribution in [0.25, 0.3) is 0 Å². The van der Waals surface area contributed by atoms with Crippen LogP contribution in [-0.4, -0.2) is 26.0 Å². The van der Waals surface area contributed by atoms with E-state index in [-0.39, 0.29) is 6.04 Å². The molecule has 1 saturated carbocycles. The van der Waals surface area contributed by atoms with E-state index in [0.29, 0.717) is 18.5 Å². The molecule has 2 rings (SSSR count). The third-order valence-corrected chi connectivity index (χ3v) is 5.52. The Morgan fingerprint density at radius 3 is 2.33 bits per heavy atom. The van der Waals surface area contributed by atoms with E-state index < -0.39 is 26.8 Å². The highest BCUT2D eigenvalue weighted by atomic mass is 32.2. The van der Waals surface area contributed by atoms with Gasteiger partial charge in [0.15, 0.2) is 9.84 Å². The average Bonchev–Trinajstić information content (AvgIpc) is 2.84.